The third-order valence-electron chi connectivity index (χ3n) is 4.27. The zero-order chi connectivity index (χ0) is 14.7. The van der Waals surface area contributed by atoms with E-state index in [1.54, 1.807) is 0 Å². The van der Waals surface area contributed by atoms with Crippen molar-refractivity contribution in [2.24, 2.45) is 23.7 Å². The summed E-state index contributed by atoms with van der Waals surface area (Å²) in [6.45, 7) is 15.8. The minimum Gasteiger partial charge on any atom is -0.341 e. The Morgan fingerprint density at radius 3 is 1.30 bits per heavy atom. The summed E-state index contributed by atoms with van der Waals surface area (Å²) in [4.78, 5) is 0. The van der Waals surface area contributed by atoms with Gasteiger partial charge in [0.1, 0.15) is 0 Å². The molecule has 0 spiro atoms. The van der Waals surface area contributed by atoms with Crippen LogP contribution in [0.5, 0.6) is 0 Å². The van der Waals surface area contributed by atoms with E-state index in [4.69, 9.17) is 0 Å². The predicted octanol–water partition coefficient (Wildman–Crippen LogP) is 6.89. The molecule has 0 N–H and O–H groups in total. The molecule has 1 radical (unpaired) electrons. The van der Waals surface area contributed by atoms with Crippen LogP contribution in [0.2, 0.25) is 0 Å². The smallest absolute Gasteiger partial charge is 0 e. The van der Waals surface area contributed by atoms with E-state index < -0.39 is 0 Å². The SMILES string of the molecule is [CH2-]C(C)CCCC(C)CCCC(C)CCCC(C)C.[Rh]. The van der Waals surface area contributed by atoms with Crippen molar-refractivity contribution in [2.75, 3.05) is 0 Å². The first-order valence-corrected chi connectivity index (χ1v) is 8.74. The molecular weight excluding hydrogens is 331 g/mol. The van der Waals surface area contributed by atoms with Gasteiger partial charge in [-0.2, -0.15) is 5.92 Å². The summed E-state index contributed by atoms with van der Waals surface area (Å²) in [7, 11) is 0. The summed E-state index contributed by atoms with van der Waals surface area (Å²) >= 11 is 0. The fraction of sp³-hybridized carbons (Fsp3) is 0.947. The zero-order valence-electron chi connectivity index (χ0n) is 14.7. The zero-order valence-corrected chi connectivity index (χ0v) is 16.4. The maximum Gasteiger partial charge on any atom is 0 e. The van der Waals surface area contributed by atoms with Crippen LogP contribution in [0.4, 0.5) is 0 Å². The summed E-state index contributed by atoms with van der Waals surface area (Å²) in [5.74, 6) is 3.36. The van der Waals surface area contributed by atoms with Crippen molar-refractivity contribution in [3.8, 4) is 0 Å². The van der Waals surface area contributed by atoms with Gasteiger partial charge in [-0.3, -0.25) is 0 Å². The third kappa shape index (κ3) is 16.7. The van der Waals surface area contributed by atoms with E-state index in [1.165, 1.54) is 57.8 Å². The number of rotatable bonds is 12. The van der Waals surface area contributed by atoms with Crippen molar-refractivity contribution in [3.05, 3.63) is 6.92 Å². The fourth-order valence-electron chi connectivity index (χ4n) is 2.79. The molecule has 125 valence electrons. The van der Waals surface area contributed by atoms with Crippen molar-refractivity contribution < 1.29 is 19.5 Å². The second-order valence-corrected chi connectivity index (χ2v) is 7.50. The summed E-state index contributed by atoms with van der Waals surface area (Å²) in [6.07, 6.45) is 12.6. The average molecular weight is 370 g/mol. The van der Waals surface area contributed by atoms with Crippen molar-refractivity contribution in [1.29, 1.82) is 0 Å². The van der Waals surface area contributed by atoms with Gasteiger partial charge in [0.15, 0.2) is 0 Å². The Labute approximate surface area is 142 Å². The first kappa shape index (κ1) is 22.9. The molecule has 0 rings (SSSR count). The molecule has 0 aromatic rings. The molecule has 0 saturated carbocycles. The maximum absolute atomic E-state index is 4.06. The predicted molar refractivity (Wildman–Crippen MR) is 89.2 cm³/mol. The number of hydrogen-bond acceptors (Lipinski definition) is 0. The van der Waals surface area contributed by atoms with E-state index in [9.17, 15) is 0 Å². The minimum atomic E-state index is 0. The summed E-state index contributed by atoms with van der Waals surface area (Å²) in [6, 6.07) is 0. The van der Waals surface area contributed by atoms with Gasteiger partial charge in [0.2, 0.25) is 0 Å². The first-order valence-electron chi connectivity index (χ1n) is 8.74. The molecule has 0 saturated heterocycles. The first-order chi connectivity index (χ1) is 8.91. The second-order valence-electron chi connectivity index (χ2n) is 7.50. The molecule has 0 aromatic carbocycles. The van der Waals surface area contributed by atoms with Gasteiger partial charge in [-0.15, -0.1) is 0 Å². The second kappa shape index (κ2) is 14.6. The van der Waals surface area contributed by atoms with Gasteiger partial charge in [0.05, 0.1) is 0 Å². The van der Waals surface area contributed by atoms with E-state index in [0.29, 0.717) is 5.92 Å². The van der Waals surface area contributed by atoms with Crippen LogP contribution in [0, 0.1) is 30.6 Å². The van der Waals surface area contributed by atoms with Gasteiger partial charge in [-0.1, -0.05) is 92.4 Å². The van der Waals surface area contributed by atoms with E-state index in [2.05, 4.69) is 41.5 Å². The topological polar surface area (TPSA) is 0 Å². The monoisotopic (exact) mass is 370 g/mol. The maximum atomic E-state index is 4.06. The van der Waals surface area contributed by atoms with Crippen LogP contribution in [0.1, 0.15) is 92.4 Å². The average Bonchev–Trinajstić information content (AvgIpc) is 2.27. The molecular formula is C19H39Rh-. The van der Waals surface area contributed by atoms with Gasteiger partial charge in [0.25, 0.3) is 0 Å². The summed E-state index contributed by atoms with van der Waals surface area (Å²) in [5, 5.41) is 0. The van der Waals surface area contributed by atoms with E-state index in [1.807, 2.05) is 0 Å². The van der Waals surface area contributed by atoms with Gasteiger partial charge in [-0.05, 0) is 17.8 Å². The molecule has 0 nitrogen and oxygen atoms in total. The Balaban J connectivity index is 0. The Kier molecular flexibility index (Phi) is 16.7. The largest absolute Gasteiger partial charge is 0.341 e. The van der Waals surface area contributed by atoms with Crippen molar-refractivity contribution in [2.45, 2.75) is 92.4 Å². The van der Waals surface area contributed by atoms with Crippen molar-refractivity contribution in [3.63, 3.8) is 0 Å². The van der Waals surface area contributed by atoms with Crippen LogP contribution in [-0.2, 0) is 19.5 Å². The molecule has 0 aliphatic heterocycles. The third-order valence-corrected chi connectivity index (χ3v) is 4.27. The van der Waals surface area contributed by atoms with Gasteiger partial charge < -0.3 is 6.92 Å². The Morgan fingerprint density at radius 2 is 0.950 bits per heavy atom. The minimum absolute atomic E-state index is 0. The van der Waals surface area contributed by atoms with E-state index >= 15 is 0 Å². The molecule has 0 amide bonds. The molecule has 0 aliphatic rings. The Hall–Kier alpha value is 0.623. The van der Waals surface area contributed by atoms with Gasteiger partial charge in [0, 0.05) is 19.5 Å². The molecule has 0 aromatic heterocycles. The summed E-state index contributed by atoms with van der Waals surface area (Å²) in [5.41, 5.74) is 0. The Morgan fingerprint density at radius 1 is 0.600 bits per heavy atom. The van der Waals surface area contributed by atoms with Crippen LogP contribution in [-0.4, -0.2) is 0 Å². The molecule has 20 heavy (non-hydrogen) atoms. The van der Waals surface area contributed by atoms with Crippen molar-refractivity contribution in [1.82, 2.24) is 0 Å². The van der Waals surface area contributed by atoms with Crippen LogP contribution < -0.4 is 0 Å². The molecule has 3 atom stereocenters. The number of hydrogen-bond donors (Lipinski definition) is 0. The van der Waals surface area contributed by atoms with Crippen LogP contribution in [0.15, 0.2) is 0 Å². The Bertz CT molecular complexity index is 166. The molecule has 0 bridgehead atoms. The molecule has 0 heterocycles. The fourth-order valence-corrected chi connectivity index (χ4v) is 2.79. The van der Waals surface area contributed by atoms with Crippen LogP contribution in [0.25, 0.3) is 0 Å². The van der Waals surface area contributed by atoms with E-state index in [-0.39, 0.29) is 19.5 Å². The van der Waals surface area contributed by atoms with Crippen LogP contribution in [0.3, 0.4) is 0 Å². The quantitative estimate of drug-likeness (QED) is 0.259. The van der Waals surface area contributed by atoms with Gasteiger partial charge in [-0.25, -0.2) is 0 Å². The van der Waals surface area contributed by atoms with Gasteiger partial charge >= 0.3 is 0 Å². The normalized spacial score (nSPS) is 15.8. The molecule has 1 heteroatoms. The van der Waals surface area contributed by atoms with E-state index in [0.717, 1.165) is 17.8 Å². The standard InChI is InChI=1S/C19H39.Rh/c1-16(2)10-7-12-18(5)14-9-15-19(6)13-8-11-17(3)4;/h16-19H,1,7-15H2,2-6H3;/q-1;. The van der Waals surface area contributed by atoms with Crippen molar-refractivity contribution >= 4 is 0 Å². The molecule has 0 fully saturated rings. The summed E-state index contributed by atoms with van der Waals surface area (Å²) < 4.78 is 0. The molecule has 0 aliphatic carbocycles. The molecule has 3 unspecified atom stereocenters. The van der Waals surface area contributed by atoms with Crippen LogP contribution >= 0.6 is 0 Å².